The van der Waals surface area contributed by atoms with Crippen LogP contribution in [0.2, 0.25) is 0 Å². The molecule has 0 atom stereocenters. The van der Waals surface area contributed by atoms with Gasteiger partial charge in [-0.1, -0.05) is 15.9 Å². The lowest BCUT2D eigenvalue weighted by molar-refractivity contribution is -0.894. The second-order valence-corrected chi connectivity index (χ2v) is 5.00. The van der Waals surface area contributed by atoms with Gasteiger partial charge in [-0.05, 0) is 0 Å². The van der Waals surface area contributed by atoms with E-state index < -0.39 is 0 Å². The summed E-state index contributed by atoms with van der Waals surface area (Å²) in [5.41, 5.74) is 0. The predicted octanol–water partition coefficient (Wildman–Crippen LogP) is 0.690. The summed E-state index contributed by atoms with van der Waals surface area (Å²) in [6.45, 7) is 3.99. The third-order valence-corrected chi connectivity index (χ3v) is 3.01. The Morgan fingerprint density at radius 3 is 2.38 bits per heavy atom. The van der Waals surface area contributed by atoms with Crippen molar-refractivity contribution in [3.63, 3.8) is 0 Å². The topological polar surface area (TPSA) is 20.3 Å². The molecule has 0 aromatic rings. The fourth-order valence-corrected chi connectivity index (χ4v) is 1.83. The molecule has 1 aliphatic rings. The number of carbonyl (C=O) groups is 1. The number of amides is 1. The molecule has 3 nitrogen and oxygen atoms in total. The molecule has 76 valence electrons. The molecule has 0 aliphatic carbocycles. The summed E-state index contributed by atoms with van der Waals surface area (Å²) in [6, 6.07) is 0. The molecule has 0 bridgehead atoms. The maximum absolute atomic E-state index is 11.5. The third-order valence-electron chi connectivity index (χ3n) is 2.61. The van der Waals surface area contributed by atoms with Crippen LogP contribution in [0.15, 0.2) is 0 Å². The fourth-order valence-electron chi connectivity index (χ4n) is 1.49. The summed E-state index contributed by atoms with van der Waals surface area (Å²) >= 11 is 3.29. The Bertz CT molecular complexity index is 184. The van der Waals surface area contributed by atoms with Crippen LogP contribution in [0.5, 0.6) is 0 Å². The standard InChI is InChI=1S/C9H18BrN2O/c1-12(2)7-5-11(6-8-12)9(13)3-4-10/h3-8H2,1-2H3/q+1. The lowest BCUT2D eigenvalue weighted by Gasteiger charge is -2.39. The van der Waals surface area contributed by atoms with Crippen LogP contribution in [0.4, 0.5) is 0 Å². The molecule has 0 radical (unpaired) electrons. The summed E-state index contributed by atoms with van der Waals surface area (Å²) in [7, 11) is 4.43. The molecule has 0 aromatic carbocycles. The smallest absolute Gasteiger partial charge is 0.223 e. The molecule has 1 heterocycles. The zero-order chi connectivity index (χ0) is 9.90. The van der Waals surface area contributed by atoms with Crippen molar-refractivity contribution in [1.82, 2.24) is 4.90 Å². The summed E-state index contributed by atoms with van der Waals surface area (Å²) in [5.74, 6) is 0.288. The van der Waals surface area contributed by atoms with Gasteiger partial charge in [-0.3, -0.25) is 4.79 Å². The van der Waals surface area contributed by atoms with Gasteiger partial charge in [-0.15, -0.1) is 0 Å². The van der Waals surface area contributed by atoms with E-state index in [9.17, 15) is 4.79 Å². The van der Waals surface area contributed by atoms with Crippen LogP contribution < -0.4 is 0 Å². The van der Waals surface area contributed by atoms with E-state index in [0.717, 1.165) is 36.0 Å². The van der Waals surface area contributed by atoms with E-state index in [4.69, 9.17) is 0 Å². The van der Waals surface area contributed by atoms with Gasteiger partial charge in [0.1, 0.15) is 0 Å². The molecule has 1 amide bonds. The highest BCUT2D eigenvalue weighted by Crippen LogP contribution is 2.08. The molecular formula is C9H18BrN2O+. The van der Waals surface area contributed by atoms with Crippen LogP contribution in [0, 0.1) is 0 Å². The summed E-state index contributed by atoms with van der Waals surface area (Å²) in [6.07, 6.45) is 0.632. The van der Waals surface area contributed by atoms with Crippen molar-refractivity contribution in [1.29, 1.82) is 0 Å². The van der Waals surface area contributed by atoms with E-state index in [-0.39, 0.29) is 5.91 Å². The number of likely N-dealkylation sites (N-methyl/N-ethyl adjacent to an activating group) is 1. The Balaban J connectivity index is 2.36. The van der Waals surface area contributed by atoms with Crippen molar-refractivity contribution in [2.75, 3.05) is 45.6 Å². The van der Waals surface area contributed by atoms with Gasteiger partial charge in [0.25, 0.3) is 0 Å². The van der Waals surface area contributed by atoms with E-state index in [1.165, 1.54) is 0 Å². The van der Waals surface area contributed by atoms with E-state index in [2.05, 4.69) is 30.0 Å². The van der Waals surface area contributed by atoms with Gasteiger partial charge >= 0.3 is 0 Å². The van der Waals surface area contributed by atoms with Gasteiger partial charge in [0.05, 0.1) is 40.3 Å². The minimum absolute atomic E-state index is 0.288. The maximum atomic E-state index is 11.5. The van der Waals surface area contributed by atoms with E-state index in [0.29, 0.717) is 6.42 Å². The van der Waals surface area contributed by atoms with Gasteiger partial charge in [-0.25, -0.2) is 0 Å². The Kier molecular flexibility index (Phi) is 3.74. The van der Waals surface area contributed by atoms with Crippen molar-refractivity contribution < 1.29 is 9.28 Å². The van der Waals surface area contributed by atoms with Gasteiger partial charge in [0.2, 0.25) is 5.91 Å². The van der Waals surface area contributed by atoms with Crippen LogP contribution in [0.3, 0.4) is 0 Å². The third kappa shape index (κ3) is 3.27. The molecule has 0 aromatic heterocycles. The van der Waals surface area contributed by atoms with E-state index in [1.54, 1.807) is 0 Å². The van der Waals surface area contributed by atoms with Crippen LogP contribution in [-0.2, 0) is 4.79 Å². The Labute approximate surface area is 88.4 Å². The van der Waals surface area contributed by atoms with Gasteiger partial charge in [-0.2, -0.15) is 0 Å². The van der Waals surface area contributed by atoms with Gasteiger partial charge in [0, 0.05) is 11.8 Å². The molecule has 4 heteroatoms. The zero-order valence-corrected chi connectivity index (χ0v) is 10.0. The average Bonchev–Trinajstić information content (AvgIpc) is 2.04. The molecule has 0 saturated carbocycles. The maximum Gasteiger partial charge on any atom is 0.223 e. The van der Waals surface area contributed by atoms with E-state index in [1.807, 2.05) is 4.90 Å². The Morgan fingerprint density at radius 2 is 1.92 bits per heavy atom. The predicted molar refractivity (Wildman–Crippen MR) is 56.8 cm³/mol. The number of rotatable bonds is 2. The zero-order valence-electron chi connectivity index (χ0n) is 8.42. The molecule has 0 unspecified atom stereocenters. The summed E-state index contributed by atoms with van der Waals surface area (Å²) < 4.78 is 1.04. The number of hydrogen-bond acceptors (Lipinski definition) is 1. The summed E-state index contributed by atoms with van der Waals surface area (Å²) in [4.78, 5) is 13.5. The summed E-state index contributed by atoms with van der Waals surface area (Å²) in [5, 5.41) is 0.778. The fraction of sp³-hybridized carbons (Fsp3) is 0.889. The van der Waals surface area contributed by atoms with Gasteiger partial charge in [0.15, 0.2) is 0 Å². The first-order valence-electron chi connectivity index (χ1n) is 4.71. The second-order valence-electron chi connectivity index (χ2n) is 4.20. The molecule has 1 fully saturated rings. The molecule has 13 heavy (non-hydrogen) atoms. The number of quaternary nitrogens is 1. The first kappa shape index (κ1) is 11.0. The van der Waals surface area contributed by atoms with Gasteiger partial charge < -0.3 is 9.38 Å². The Morgan fingerprint density at radius 1 is 1.38 bits per heavy atom. The van der Waals surface area contributed by atoms with E-state index >= 15 is 0 Å². The van der Waals surface area contributed by atoms with Crippen molar-refractivity contribution in [3.8, 4) is 0 Å². The quantitative estimate of drug-likeness (QED) is 0.521. The molecule has 1 aliphatic heterocycles. The number of piperazine rings is 1. The average molecular weight is 250 g/mol. The second kappa shape index (κ2) is 4.42. The largest absolute Gasteiger partial charge is 0.331 e. The van der Waals surface area contributed by atoms with Crippen molar-refractivity contribution in [2.45, 2.75) is 6.42 Å². The molecule has 1 saturated heterocycles. The first-order valence-corrected chi connectivity index (χ1v) is 5.83. The lowest BCUT2D eigenvalue weighted by Crippen LogP contribution is -2.56. The number of hydrogen-bond donors (Lipinski definition) is 0. The van der Waals surface area contributed by atoms with Crippen LogP contribution >= 0.6 is 15.9 Å². The molecule has 0 N–H and O–H groups in total. The highest BCUT2D eigenvalue weighted by atomic mass is 79.9. The van der Waals surface area contributed by atoms with Crippen molar-refractivity contribution >= 4 is 21.8 Å². The lowest BCUT2D eigenvalue weighted by atomic mass is 10.2. The number of carbonyl (C=O) groups excluding carboxylic acids is 1. The highest BCUT2D eigenvalue weighted by Gasteiger charge is 2.26. The minimum Gasteiger partial charge on any atom is -0.331 e. The Hall–Kier alpha value is -0.0900. The number of alkyl halides is 1. The minimum atomic E-state index is 0.288. The molecular weight excluding hydrogens is 232 g/mol. The normalized spacial score (nSPS) is 21.6. The van der Waals surface area contributed by atoms with Crippen molar-refractivity contribution in [3.05, 3.63) is 0 Å². The number of nitrogens with zero attached hydrogens (tertiary/aromatic N) is 2. The van der Waals surface area contributed by atoms with Crippen LogP contribution in [0.1, 0.15) is 6.42 Å². The SMILES string of the molecule is C[N+]1(C)CCN(C(=O)CCBr)CC1. The number of halogens is 1. The van der Waals surface area contributed by atoms with Crippen LogP contribution in [-0.4, -0.2) is 60.9 Å². The van der Waals surface area contributed by atoms with Crippen molar-refractivity contribution in [2.24, 2.45) is 0 Å². The molecule has 1 rings (SSSR count). The first-order chi connectivity index (χ1) is 6.05. The molecule has 0 spiro atoms. The highest BCUT2D eigenvalue weighted by molar-refractivity contribution is 9.09. The van der Waals surface area contributed by atoms with Crippen LogP contribution in [0.25, 0.3) is 0 Å². The monoisotopic (exact) mass is 249 g/mol.